The Bertz CT molecular complexity index is 417. The molecule has 2 N–H and O–H groups in total. The van der Waals surface area contributed by atoms with Crippen LogP contribution in [0, 0.1) is 0 Å². The van der Waals surface area contributed by atoms with E-state index in [1.54, 1.807) is 0 Å². The highest BCUT2D eigenvalue weighted by Gasteiger charge is 2.28. The first-order valence-electron chi connectivity index (χ1n) is 6.89. The Hall–Kier alpha value is -1.51. The van der Waals surface area contributed by atoms with Gasteiger partial charge in [0.1, 0.15) is 0 Å². The molecule has 3 heteroatoms. The van der Waals surface area contributed by atoms with E-state index in [9.17, 15) is 4.79 Å². The molecule has 0 radical (unpaired) electrons. The fraction of sp³-hybridized carbons (Fsp3) is 0.533. The lowest BCUT2D eigenvalue weighted by atomic mass is 9.99. The van der Waals surface area contributed by atoms with E-state index in [0.29, 0.717) is 12.6 Å². The lowest BCUT2D eigenvalue weighted by Crippen LogP contribution is -2.38. The molecule has 0 aliphatic carbocycles. The van der Waals surface area contributed by atoms with Crippen LogP contribution in [0.2, 0.25) is 0 Å². The summed E-state index contributed by atoms with van der Waals surface area (Å²) in [5.41, 5.74) is 2.22. The summed E-state index contributed by atoms with van der Waals surface area (Å²) in [5, 5.41) is 6.47. The van der Waals surface area contributed by atoms with E-state index in [-0.39, 0.29) is 11.8 Å². The standard InChI is InChI=1S/C15H22N2O/c1-3-7-11(4-2)17-15(18)13-10-16-14-9-6-5-8-12(13)14/h5-6,8-9,11,13,16H,3-4,7,10H2,1-2H3,(H,17,18). The molecule has 0 saturated carbocycles. The number of hydrogen-bond donors (Lipinski definition) is 2. The van der Waals surface area contributed by atoms with Gasteiger partial charge in [0.2, 0.25) is 5.91 Å². The lowest BCUT2D eigenvalue weighted by Gasteiger charge is -2.19. The second-order valence-corrected chi connectivity index (χ2v) is 4.92. The molecule has 1 amide bonds. The van der Waals surface area contributed by atoms with E-state index >= 15 is 0 Å². The van der Waals surface area contributed by atoms with Gasteiger partial charge in [0.05, 0.1) is 5.92 Å². The SMILES string of the molecule is CCCC(CC)NC(=O)C1CNc2ccccc21. The predicted octanol–water partition coefficient (Wildman–Crippen LogP) is 2.89. The number of carbonyl (C=O) groups excluding carboxylic acids is 1. The van der Waals surface area contributed by atoms with Gasteiger partial charge in [-0.1, -0.05) is 38.5 Å². The van der Waals surface area contributed by atoms with Crippen LogP contribution in [0.5, 0.6) is 0 Å². The third-order valence-electron chi connectivity index (χ3n) is 3.63. The topological polar surface area (TPSA) is 41.1 Å². The number of carbonyl (C=O) groups is 1. The average molecular weight is 246 g/mol. The number of amides is 1. The summed E-state index contributed by atoms with van der Waals surface area (Å²) in [7, 11) is 0. The summed E-state index contributed by atoms with van der Waals surface area (Å²) in [6.07, 6.45) is 3.17. The molecule has 0 bridgehead atoms. The molecular formula is C15H22N2O. The molecule has 18 heavy (non-hydrogen) atoms. The molecule has 0 saturated heterocycles. The Morgan fingerprint density at radius 2 is 2.22 bits per heavy atom. The van der Waals surface area contributed by atoms with Crippen LogP contribution in [-0.4, -0.2) is 18.5 Å². The van der Waals surface area contributed by atoms with Gasteiger partial charge < -0.3 is 10.6 Å². The molecule has 2 atom stereocenters. The molecule has 1 aromatic carbocycles. The Morgan fingerprint density at radius 1 is 1.44 bits per heavy atom. The van der Waals surface area contributed by atoms with Crippen LogP contribution in [-0.2, 0) is 4.79 Å². The zero-order valence-corrected chi connectivity index (χ0v) is 11.2. The first kappa shape index (κ1) is 12.9. The van der Waals surface area contributed by atoms with Crippen molar-refractivity contribution in [1.82, 2.24) is 5.32 Å². The van der Waals surface area contributed by atoms with Crippen LogP contribution in [0.25, 0.3) is 0 Å². The Morgan fingerprint density at radius 3 is 2.94 bits per heavy atom. The second kappa shape index (κ2) is 5.89. The number of nitrogens with one attached hydrogen (secondary N) is 2. The van der Waals surface area contributed by atoms with E-state index in [2.05, 4.69) is 24.5 Å². The molecule has 0 fully saturated rings. The van der Waals surface area contributed by atoms with Crippen LogP contribution < -0.4 is 10.6 Å². The van der Waals surface area contributed by atoms with Gasteiger partial charge in [-0.3, -0.25) is 4.79 Å². The van der Waals surface area contributed by atoms with Crippen LogP contribution in [0.3, 0.4) is 0 Å². The fourth-order valence-corrected chi connectivity index (χ4v) is 2.55. The molecule has 1 heterocycles. The van der Waals surface area contributed by atoms with Gasteiger partial charge in [-0.05, 0) is 24.5 Å². The van der Waals surface area contributed by atoms with E-state index in [0.717, 1.165) is 30.5 Å². The maximum atomic E-state index is 12.3. The smallest absolute Gasteiger partial charge is 0.229 e. The van der Waals surface area contributed by atoms with Crippen LogP contribution in [0.4, 0.5) is 5.69 Å². The first-order valence-corrected chi connectivity index (χ1v) is 6.89. The van der Waals surface area contributed by atoms with E-state index in [1.807, 2.05) is 24.3 Å². The van der Waals surface area contributed by atoms with Gasteiger partial charge in [0.25, 0.3) is 0 Å². The molecule has 2 unspecified atom stereocenters. The average Bonchev–Trinajstić information content (AvgIpc) is 2.82. The lowest BCUT2D eigenvalue weighted by molar-refractivity contribution is -0.122. The minimum absolute atomic E-state index is 0.0351. The summed E-state index contributed by atoms with van der Waals surface area (Å²) in [6.45, 7) is 5.00. The minimum atomic E-state index is -0.0351. The zero-order chi connectivity index (χ0) is 13.0. The molecule has 3 nitrogen and oxygen atoms in total. The molecule has 1 aromatic rings. The van der Waals surface area contributed by atoms with Gasteiger partial charge in [0, 0.05) is 18.3 Å². The maximum Gasteiger partial charge on any atom is 0.229 e. The third kappa shape index (κ3) is 2.66. The summed E-state index contributed by atoms with van der Waals surface area (Å²) in [6, 6.07) is 8.38. The van der Waals surface area contributed by atoms with Gasteiger partial charge in [-0.2, -0.15) is 0 Å². The molecule has 1 aliphatic heterocycles. The molecule has 98 valence electrons. The van der Waals surface area contributed by atoms with Crippen molar-refractivity contribution >= 4 is 11.6 Å². The summed E-state index contributed by atoms with van der Waals surface area (Å²) in [4.78, 5) is 12.3. The first-order chi connectivity index (χ1) is 8.76. The minimum Gasteiger partial charge on any atom is -0.384 e. The van der Waals surface area contributed by atoms with Crippen molar-refractivity contribution in [2.45, 2.75) is 45.1 Å². The van der Waals surface area contributed by atoms with Crippen molar-refractivity contribution in [3.05, 3.63) is 29.8 Å². The molecule has 1 aliphatic rings. The number of fused-ring (bicyclic) bond motifs is 1. The van der Waals surface area contributed by atoms with Crippen molar-refractivity contribution in [2.75, 3.05) is 11.9 Å². The summed E-state index contributed by atoms with van der Waals surface area (Å²) < 4.78 is 0. The Balaban J connectivity index is 2.03. The zero-order valence-electron chi connectivity index (χ0n) is 11.2. The van der Waals surface area contributed by atoms with Gasteiger partial charge in [-0.15, -0.1) is 0 Å². The van der Waals surface area contributed by atoms with Crippen molar-refractivity contribution < 1.29 is 4.79 Å². The number of benzene rings is 1. The van der Waals surface area contributed by atoms with Gasteiger partial charge >= 0.3 is 0 Å². The molecule has 0 spiro atoms. The highest BCUT2D eigenvalue weighted by atomic mass is 16.2. The van der Waals surface area contributed by atoms with Crippen LogP contribution in [0.15, 0.2) is 24.3 Å². The van der Waals surface area contributed by atoms with Crippen molar-refractivity contribution in [2.24, 2.45) is 0 Å². The van der Waals surface area contributed by atoms with Crippen molar-refractivity contribution in [3.8, 4) is 0 Å². The Kier molecular flexibility index (Phi) is 4.24. The molecule has 0 aromatic heterocycles. The number of hydrogen-bond acceptors (Lipinski definition) is 2. The van der Waals surface area contributed by atoms with E-state index in [1.165, 1.54) is 0 Å². The third-order valence-corrected chi connectivity index (χ3v) is 3.63. The van der Waals surface area contributed by atoms with Crippen LogP contribution >= 0.6 is 0 Å². The van der Waals surface area contributed by atoms with Crippen LogP contribution in [0.1, 0.15) is 44.6 Å². The predicted molar refractivity (Wildman–Crippen MR) is 74.8 cm³/mol. The second-order valence-electron chi connectivity index (χ2n) is 4.92. The van der Waals surface area contributed by atoms with E-state index in [4.69, 9.17) is 0 Å². The summed E-state index contributed by atoms with van der Waals surface area (Å²) in [5.74, 6) is 0.125. The summed E-state index contributed by atoms with van der Waals surface area (Å²) >= 11 is 0. The van der Waals surface area contributed by atoms with E-state index < -0.39 is 0 Å². The van der Waals surface area contributed by atoms with Crippen molar-refractivity contribution in [1.29, 1.82) is 0 Å². The number of rotatable bonds is 5. The molecular weight excluding hydrogens is 224 g/mol. The monoisotopic (exact) mass is 246 g/mol. The Labute approximate surface area is 109 Å². The number of anilines is 1. The van der Waals surface area contributed by atoms with Gasteiger partial charge in [-0.25, -0.2) is 0 Å². The van der Waals surface area contributed by atoms with Gasteiger partial charge in [0.15, 0.2) is 0 Å². The highest BCUT2D eigenvalue weighted by molar-refractivity contribution is 5.88. The normalized spacial score (nSPS) is 18.9. The molecule has 2 rings (SSSR count). The fourth-order valence-electron chi connectivity index (χ4n) is 2.55. The van der Waals surface area contributed by atoms with Crippen molar-refractivity contribution in [3.63, 3.8) is 0 Å². The number of para-hydroxylation sites is 1. The highest BCUT2D eigenvalue weighted by Crippen LogP contribution is 2.31. The quantitative estimate of drug-likeness (QED) is 0.838. The largest absolute Gasteiger partial charge is 0.384 e. The maximum absolute atomic E-state index is 12.3.